The van der Waals surface area contributed by atoms with Crippen LogP contribution in [-0.2, 0) is 5.41 Å². The summed E-state index contributed by atoms with van der Waals surface area (Å²) in [5.74, 6) is 5.18. The molecule has 0 fully saturated rings. The third-order valence-corrected chi connectivity index (χ3v) is 10.2. The molecule has 57 heavy (non-hydrogen) atoms. The normalized spacial score (nSPS) is 11.6. The Kier molecular flexibility index (Phi) is 9.06. The summed E-state index contributed by atoms with van der Waals surface area (Å²) in [5, 5.41) is 7.14. The van der Waals surface area contributed by atoms with Crippen LogP contribution in [-0.4, -0.2) is 19.3 Å². The van der Waals surface area contributed by atoms with Gasteiger partial charge in [-0.3, -0.25) is 4.57 Å². The topological polar surface area (TPSA) is 63.3 Å². The van der Waals surface area contributed by atoms with Crippen molar-refractivity contribution in [2.45, 2.75) is 40.0 Å². The predicted molar refractivity (Wildman–Crippen MR) is 229 cm³/mol. The van der Waals surface area contributed by atoms with E-state index in [1.54, 1.807) is 0 Å². The highest BCUT2D eigenvalue weighted by atomic mass is 16.5. The molecule has 0 aliphatic rings. The Morgan fingerprint density at radius 2 is 1.18 bits per heavy atom. The summed E-state index contributed by atoms with van der Waals surface area (Å²) in [6, 6.07) is 48.7. The molecule has 3 heterocycles. The molecule has 280 valence electrons. The molecule has 0 saturated heterocycles. The van der Waals surface area contributed by atoms with Gasteiger partial charge in [-0.15, -0.1) is 0 Å². The Balaban J connectivity index is 1.08. The number of para-hydroxylation sites is 3. The fourth-order valence-corrected chi connectivity index (χ4v) is 7.38. The SMILES string of the molecule is Cc1cc(C)c(Oc2ccccc2)c(-c2cnn(-c3cccc(Oc4ccc5c6ccccc6n(-c6cc(C(C)(C)C)ccn6)c5c4)c3)c2)c1Oc1ccccc1. The molecule has 0 amide bonds. The first-order valence-electron chi connectivity index (χ1n) is 19.1. The van der Waals surface area contributed by atoms with Gasteiger partial charge in [-0.25, -0.2) is 9.67 Å². The van der Waals surface area contributed by atoms with Crippen LogP contribution in [0.1, 0.15) is 37.5 Å². The minimum absolute atomic E-state index is 0.0134. The van der Waals surface area contributed by atoms with Crippen molar-refractivity contribution >= 4 is 21.8 Å². The lowest BCUT2D eigenvalue weighted by atomic mass is 9.88. The van der Waals surface area contributed by atoms with Crippen LogP contribution in [0.3, 0.4) is 0 Å². The van der Waals surface area contributed by atoms with Crippen molar-refractivity contribution in [3.05, 3.63) is 181 Å². The smallest absolute Gasteiger partial charge is 0.142 e. The number of hydrogen-bond donors (Lipinski definition) is 0. The highest BCUT2D eigenvalue weighted by Crippen LogP contribution is 2.46. The van der Waals surface area contributed by atoms with Gasteiger partial charge in [0, 0.05) is 40.9 Å². The summed E-state index contributed by atoms with van der Waals surface area (Å²) in [4.78, 5) is 4.84. The van der Waals surface area contributed by atoms with Gasteiger partial charge in [0.15, 0.2) is 0 Å². The second kappa shape index (κ2) is 14.5. The van der Waals surface area contributed by atoms with Crippen molar-refractivity contribution in [1.29, 1.82) is 0 Å². The van der Waals surface area contributed by atoms with E-state index in [0.29, 0.717) is 17.2 Å². The average molecular weight is 747 g/mol. The number of aryl methyl sites for hydroxylation is 2. The number of fused-ring (bicyclic) bond motifs is 3. The molecule has 0 N–H and O–H groups in total. The van der Waals surface area contributed by atoms with Gasteiger partial charge in [0.05, 0.1) is 28.5 Å². The largest absolute Gasteiger partial charge is 0.457 e. The minimum atomic E-state index is -0.0134. The van der Waals surface area contributed by atoms with Crippen molar-refractivity contribution in [2.75, 3.05) is 0 Å². The highest BCUT2D eigenvalue weighted by molar-refractivity contribution is 6.09. The quantitative estimate of drug-likeness (QED) is 0.147. The van der Waals surface area contributed by atoms with Crippen molar-refractivity contribution in [3.8, 4) is 57.1 Å². The molecule has 3 aromatic heterocycles. The maximum absolute atomic E-state index is 6.59. The monoisotopic (exact) mass is 746 g/mol. The molecule has 9 rings (SSSR count). The van der Waals surface area contributed by atoms with Gasteiger partial charge < -0.3 is 14.2 Å². The molecule has 0 unspecified atom stereocenters. The Bertz CT molecular complexity index is 2820. The standard InChI is InChI=1S/C50H42N4O3/c1-33-27-34(2)49(57-39-18-10-7-11-19-39)47(48(33)56-38-16-8-6-9-17-38)35-31-52-53(32-35)37-15-14-20-40(29-37)55-41-23-24-43-42-21-12-13-22-44(42)54(45(43)30-41)46-28-36(25-26-51-46)50(3,4)5/h6-32H,1-5H3. The highest BCUT2D eigenvalue weighted by Gasteiger charge is 2.23. The van der Waals surface area contributed by atoms with Crippen LogP contribution in [0.2, 0.25) is 0 Å². The molecular formula is C50H42N4O3. The van der Waals surface area contributed by atoms with E-state index in [1.165, 1.54) is 5.56 Å². The molecule has 7 heteroatoms. The summed E-state index contributed by atoms with van der Waals surface area (Å²) >= 11 is 0. The Morgan fingerprint density at radius 3 is 1.88 bits per heavy atom. The molecular weight excluding hydrogens is 705 g/mol. The predicted octanol–water partition coefficient (Wildman–Crippen LogP) is 13.3. The van der Waals surface area contributed by atoms with Gasteiger partial charge in [-0.1, -0.05) is 81.4 Å². The van der Waals surface area contributed by atoms with E-state index >= 15 is 0 Å². The lowest BCUT2D eigenvalue weighted by molar-refractivity contribution is 0.459. The molecule has 0 aliphatic heterocycles. The maximum atomic E-state index is 6.59. The molecule has 0 radical (unpaired) electrons. The van der Waals surface area contributed by atoms with E-state index in [2.05, 4.69) is 93.8 Å². The van der Waals surface area contributed by atoms with Crippen LogP contribution in [0.25, 0.3) is 44.4 Å². The number of hydrogen-bond acceptors (Lipinski definition) is 5. The van der Waals surface area contributed by atoms with Crippen molar-refractivity contribution in [3.63, 3.8) is 0 Å². The summed E-state index contributed by atoms with van der Waals surface area (Å²) in [6.45, 7) is 10.8. The van der Waals surface area contributed by atoms with Crippen molar-refractivity contribution in [1.82, 2.24) is 19.3 Å². The summed E-state index contributed by atoms with van der Waals surface area (Å²) in [5.41, 5.74) is 7.83. The summed E-state index contributed by atoms with van der Waals surface area (Å²) in [6.07, 6.45) is 5.76. The Labute approximate surface area is 332 Å². The first kappa shape index (κ1) is 35.6. The van der Waals surface area contributed by atoms with Crippen molar-refractivity contribution in [2.24, 2.45) is 0 Å². The molecule has 0 spiro atoms. The van der Waals surface area contributed by atoms with E-state index in [9.17, 15) is 0 Å². The van der Waals surface area contributed by atoms with E-state index in [4.69, 9.17) is 24.3 Å². The third-order valence-electron chi connectivity index (χ3n) is 10.2. The van der Waals surface area contributed by atoms with Crippen LogP contribution in [0.4, 0.5) is 0 Å². The number of aromatic nitrogens is 4. The van der Waals surface area contributed by atoms with E-state index < -0.39 is 0 Å². The van der Waals surface area contributed by atoms with Crippen LogP contribution >= 0.6 is 0 Å². The molecule has 0 atom stereocenters. The lowest BCUT2D eigenvalue weighted by Crippen LogP contribution is -2.12. The zero-order valence-electron chi connectivity index (χ0n) is 32.6. The second-order valence-corrected chi connectivity index (χ2v) is 15.3. The van der Waals surface area contributed by atoms with Gasteiger partial charge in [0.25, 0.3) is 0 Å². The summed E-state index contributed by atoms with van der Waals surface area (Å²) < 4.78 is 23.9. The minimum Gasteiger partial charge on any atom is -0.457 e. The summed E-state index contributed by atoms with van der Waals surface area (Å²) in [7, 11) is 0. The van der Waals surface area contributed by atoms with E-state index in [-0.39, 0.29) is 5.41 Å². The maximum Gasteiger partial charge on any atom is 0.142 e. The van der Waals surface area contributed by atoms with Gasteiger partial charge in [0.1, 0.15) is 40.3 Å². The Morgan fingerprint density at radius 1 is 0.544 bits per heavy atom. The number of ether oxygens (including phenoxy) is 3. The molecule has 0 aliphatic carbocycles. The number of nitrogens with zero attached hydrogens (tertiary/aromatic N) is 4. The first-order valence-corrected chi connectivity index (χ1v) is 19.1. The van der Waals surface area contributed by atoms with Crippen LogP contribution in [0.15, 0.2) is 164 Å². The van der Waals surface area contributed by atoms with Crippen LogP contribution < -0.4 is 14.2 Å². The fraction of sp³-hybridized carbons (Fsp3) is 0.120. The zero-order chi connectivity index (χ0) is 39.1. The molecule has 6 aromatic carbocycles. The first-order chi connectivity index (χ1) is 27.7. The fourth-order valence-electron chi connectivity index (χ4n) is 7.38. The Hall–Kier alpha value is -7.12. The number of benzene rings is 6. The van der Waals surface area contributed by atoms with Gasteiger partial charge >= 0.3 is 0 Å². The number of pyridine rings is 1. The van der Waals surface area contributed by atoms with Crippen LogP contribution in [0.5, 0.6) is 34.5 Å². The number of rotatable bonds is 9. The van der Waals surface area contributed by atoms with E-state index in [1.807, 2.05) is 114 Å². The molecule has 0 bridgehead atoms. The molecule has 9 aromatic rings. The van der Waals surface area contributed by atoms with Gasteiger partial charge in [-0.2, -0.15) is 5.10 Å². The van der Waals surface area contributed by atoms with Gasteiger partial charge in [0.2, 0.25) is 0 Å². The van der Waals surface area contributed by atoms with Gasteiger partial charge in [-0.05, 0) is 109 Å². The van der Waals surface area contributed by atoms with E-state index in [0.717, 1.165) is 72.8 Å². The molecule has 7 nitrogen and oxygen atoms in total. The average Bonchev–Trinajstić information content (AvgIpc) is 3.84. The lowest BCUT2D eigenvalue weighted by Gasteiger charge is -2.20. The van der Waals surface area contributed by atoms with Crippen LogP contribution in [0, 0.1) is 13.8 Å². The second-order valence-electron chi connectivity index (χ2n) is 15.3. The molecule has 0 saturated carbocycles. The zero-order valence-corrected chi connectivity index (χ0v) is 32.6. The van der Waals surface area contributed by atoms with Crippen molar-refractivity contribution < 1.29 is 14.2 Å². The third kappa shape index (κ3) is 7.00.